The third kappa shape index (κ3) is 3.54. The monoisotopic (exact) mass is 295 g/mol. The highest BCUT2D eigenvalue weighted by molar-refractivity contribution is 5.51. The summed E-state index contributed by atoms with van der Waals surface area (Å²) in [4.78, 5) is 23.1. The summed E-state index contributed by atoms with van der Waals surface area (Å²) in [5, 5.41) is 0. The number of hydrogen-bond donors (Lipinski definition) is 2. The van der Waals surface area contributed by atoms with Gasteiger partial charge in [0.15, 0.2) is 5.82 Å². The van der Waals surface area contributed by atoms with Gasteiger partial charge in [-0.3, -0.25) is 9.69 Å². The fourth-order valence-corrected chi connectivity index (χ4v) is 2.87. The molecule has 7 nitrogen and oxygen atoms in total. The van der Waals surface area contributed by atoms with Gasteiger partial charge in [0.1, 0.15) is 0 Å². The smallest absolute Gasteiger partial charge is 0.295 e. The molecular weight excluding hydrogens is 270 g/mol. The highest BCUT2D eigenvalue weighted by Crippen LogP contribution is 2.22. The van der Waals surface area contributed by atoms with E-state index in [0.29, 0.717) is 18.4 Å². The molecule has 3 N–H and O–H groups in total. The maximum atomic E-state index is 11.7. The van der Waals surface area contributed by atoms with E-state index in [0.717, 1.165) is 39.0 Å². The van der Waals surface area contributed by atoms with Crippen molar-refractivity contribution < 1.29 is 4.74 Å². The number of rotatable bonds is 6. The number of hydrogen-bond acceptors (Lipinski definition) is 6. The minimum absolute atomic E-state index is 0.240. The first-order valence-corrected chi connectivity index (χ1v) is 7.52. The van der Waals surface area contributed by atoms with Crippen molar-refractivity contribution in [2.45, 2.75) is 25.8 Å². The maximum Gasteiger partial charge on any atom is 0.295 e. The van der Waals surface area contributed by atoms with Gasteiger partial charge >= 0.3 is 0 Å². The molecule has 0 amide bonds. The molecule has 1 unspecified atom stereocenters. The van der Waals surface area contributed by atoms with Gasteiger partial charge in [-0.2, -0.15) is 0 Å². The van der Waals surface area contributed by atoms with Gasteiger partial charge in [-0.15, -0.1) is 0 Å². The zero-order valence-electron chi connectivity index (χ0n) is 12.8. The number of nitrogens with zero attached hydrogens (tertiary/aromatic N) is 3. The average Bonchev–Trinajstić information content (AvgIpc) is 2.52. The Hall–Kier alpha value is -1.60. The molecule has 7 heteroatoms. The van der Waals surface area contributed by atoms with Crippen LogP contribution in [0.3, 0.4) is 0 Å². The molecule has 2 heterocycles. The number of ether oxygens (including phenoxy) is 1. The summed E-state index contributed by atoms with van der Waals surface area (Å²) in [5.41, 5.74) is 5.63. The second-order valence-corrected chi connectivity index (χ2v) is 5.29. The van der Waals surface area contributed by atoms with Gasteiger partial charge in [0.25, 0.3) is 5.56 Å². The van der Waals surface area contributed by atoms with Crippen molar-refractivity contribution in [1.29, 1.82) is 0 Å². The Labute approximate surface area is 125 Å². The van der Waals surface area contributed by atoms with Crippen molar-refractivity contribution in [3.05, 3.63) is 16.7 Å². The number of aromatic nitrogens is 2. The average molecular weight is 295 g/mol. The highest BCUT2D eigenvalue weighted by atomic mass is 16.5. The van der Waals surface area contributed by atoms with E-state index in [2.05, 4.69) is 26.7 Å². The molecule has 0 aromatic carbocycles. The van der Waals surface area contributed by atoms with Crippen molar-refractivity contribution in [1.82, 2.24) is 14.9 Å². The van der Waals surface area contributed by atoms with Crippen LogP contribution in [-0.4, -0.2) is 60.7 Å². The lowest BCUT2D eigenvalue weighted by molar-refractivity contribution is 0.179. The van der Waals surface area contributed by atoms with Crippen LogP contribution in [-0.2, 0) is 0 Å². The van der Waals surface area contributed by atoms with Crippen LogP contribution in [0.15, 0.2) is 11.1 Å². The summed E-state index contributed by atoms with van der Waals surface area (Å²) in [7, 11) is 1.50. The standard InChI is InChI=1S/C14H25N5O2/c1-3-4-11(9-15)18-5-7-19(8-6-18)13-12(21-2)14(20)17-10-16-13/h10-11H,3-9,15H2,1-2H3,(H,16,17,20). The Balaban J connectivity index is 2.04. The molecule has 0 radical (unpaired) electrons. The molecule has 1 fully saturated rings. The van der Waals surface area contributed by atoms with Crippen molar-refractivity contribution >= 4 is 5.82 Å². The molecule has 0 aliphatic carbocycles. The minimum atomic E-state index is -0.240. The number of H-pyrrole nitrogens is 1. The molecule has 0 spiro atoms. The first-order valence-electron chi connectivity index (χ1n) is 7.52. The van der Waals surface area contributed by atoms with Gasteiger partial charge in [0.2, 0.25) is 5.75 Å². The number of nitrogens with two attached hydrogens (primary N) is 1. The molecule has 0 bridgehead atoms. The van der Waals surface area contributed by atoms with E-state index in [4.69, 9.17) is 10.5 Å². The summed E-state index contributed by atoms with van der Waals surface area (Å²) in [6.45, 7) is 6.39. The SMILES string of the molecule is CCCC(CN)N1CCN(c2nc[nH]c(=O)c2OC)CC1. The Kier molecular flexibility index (Phi) is 5.58. The molecule has 1 atom stereocenters. The van der Waals surface area contributed by atoms with Crippen LogP contribution in [0.5, 0.6) is 5.75 Å². The molecule has 118 valence electrons. The van der Waals surface area contributed by atoms with Crippen LogP contribution < -0.4 is 20.9 Å². The van der Waals surface area contributed by atoms with Crippen LogP contribution in [0.4, 0.5) is 5.82 Å². The lowest BCUT2D eigenvalue weighted by Gasteiger charge is -2.39. The molecule has 2 rings (SSSR count). The maximum absolute atomic E-state index is 11.7. The van der Waals surface area contributed by atoms with Crippen molar-refractivity contribution in [3.63, 3.8) is 0 Å². The number of piperazine rings is 1. The predicted molar refractivity (Wildman–Crippen MR) is 82.9 cm³/mol. The molecular formula is C14H25N5O2. The van der Waals surface area contributed by atoms with Gasteiger partial charge < -0.3 is 20.4 Å². The van der Waals surface area contributed by atoms with E-state index in [1.54, 1.807) is 0 Å². The molecule has 1 aromatic rings. The highest BCUT2D eigenvalue weighted by Gasteiger charge is 2.25. The molecule has 1 saturated heterocycles. The lowest BCUT2D eigenvalue weighted by Crippen LogP contribution is -2.52. The second-order valence-electron chi connectivity index (χ2n) is 5.29. The van der Waals surface area contributed by atoms with Crippen LogP contribution >= 0.6 is 0 Å². The van der Waals surface area contributed by atoms with E-state index in [-0.39, 0.29) is 11.3 Å². The van der Waals surface area contributed by atoms with Gasteiger partial charge in [-0.05, 0) is 6.42 Å². The van der Waals surface area contributed by atoms with Gasteiger partial charge in [-0.25, -0.2) is 4.98 Å². The van der Waals surface area contributed by atoms with Gasteiger partial charge in [0.05, 0.1) is 13.4 Å². The first-order chi connectivity index (χ1) is 10.2. The fraction of sp³-hybridized carbons (Fsp3) is 0.714. The first kappa shape index (κ1) is 15.8. The minimum Gasteiger partial charge on any atom is -0.489 e. The van der Waals surface area contributed by atoms with Gasteiger partial charge in [0, 0.05) is 38.8 Å². The van der Waals surface area contributed by atoms with Gasteiger partial charge in [-0.1, -0.05) is 13.3 Å². The largest absolute Gasteiger partial charge is 0.489 e. The Morgan fingerprint density at radius 1 is 1.43 bits per heavy atom. The Bertz CT molecular complexity index is 496. The van der Waals surface area contributed by atoms with Crippen molar-refractivity contribution in [2.24, 2.45) is 5.73 Å². The molecule has 1 aliphatic rings. The molecule has 0 saturated carbocycles. The molecule has 1 aromatic heterocycles. The topological polar surface area (TPSA) is 87.5 Å². The number of anilines is 1. The van der Waals surface area contributed by atoms with E-state index < -0.39 is 0 Å². The van der Waals surface area contributed by atoms with Crippen LogP contribution in [0.2, 0.25) is 0 Å². The number of aromatic amines is 1. The van der Waals surface area contributed by atoms with E-state index in [1.807, 2.05) is 0 Å². The fourth-order valence-electron chi connectivity index (χ4n) is 2.87. The second kappa shape index (κ2) is 7.42. The number of methoxy groups -OCH3 is 1. The quantitative estimate of drug-likeness (QED) is 0.770. The molecule has 1 aliphatic heterocycles. The Morgan fingerprint density at radius 3 is 2.71 bits per heavy atom. The summed E-state index contributed by atoms with van der Waals surface area (Å²) in [6.07, 6.45) is 3.70. The van der Waals surface area contributed by atoms with Crippen LogP contribution in [0.25, 0.3) is 0 Å². The molecule has 21 heavy (non-hydrogen) atoms. The van der Waals surface area contributed by atoms with E-state index in [1.165, 1.54) is 13.4 Å². The third-order valence-corrected chi connectivity index (χ3v) is 4.02. The van der Waals surface area contributed by atoms with Crippen LogP contribution in [0.1, 0.15) is 19.8 Å². The van der Waals surface area contributed by atoms with Crippen LogP contribution in [0, 0.1) is 0 Å². The zero-order valence-corrected chi connectivity index (χ0v) is 12.8. The lowest BCUT2D eigenvalue weighted by atomic mass is 10.1. The summed E-state index contributed by atoms with van der Waals surface area (Å²) < 4.78 is 5.18. The summed E-state index contributed by atoms with van der Waals surface area (Å²) >= 11 is 0. The summed E-state index contributed by atoms with van der Waals surface area (Å²) in [6, 6.07) is 0.450. The number of nitrogens with one attached hydrogen (secondary N) is 1. The summed E-state index contributed by atoms with van der Waals surface area (Å²) in [5.74, 6) is 0.913. The normalized spacial score (nSPS) is 17.8. The van der Waals surface area contributed by atoms with Crippen molar-refractivity contribution in [3.8, 4) is 5.75 Å². The Morgan fingerprint density at radius 2 is 2.14 bits per heavy atom. The van der Waals surface area contributed by atoms with E-state index in [9.17, 15) is 4.79 Å². The third-order valence-electron chi connectivity index (χ3n) is 4.02. The van der Waals surface area contributed by atoms with Crippen molar-refractivity contribution in [2.75, 3.05) is 44.7 Å². The predicted octanol–water partition coefficient (Wildman–Crippen LogP) is 0.0279. The zero-order chi connectivity index (χ0) is 15.2. The van der Waals surface area contributed by atoms with E-state index >= 15 is 0 Å².